The predicted octanol–water partition coefficient (Wildman–Crippen LogP) is 3.32. The number of aryl methyl sites for hydroxylation is 1. The Morgan fingerprint density at radius 3 is 2.94 bits per heavy atom. The van der Waals surface area contributed by atoms with Crippen molar-refractivity contribution in [2.24, 2.45) is 11.8 Å². The molecule has 3 atom stereocenters. The van der Waals surface area contributed by atoms with Crippen molar-refractivity contribution in [2.45, 2.75) is 38.6 Å². The van der Waals surface area contributed by atoms with Gasteiger partial charge in [-0.05, 0) is 67.3 Å². The first kappa shape index (κ1) is 12.0. The van der Waals surface area contributed by atoms with Crippen LogP contribution in [0, 0.1) is 11.8 Å². The van der Waals surface area contributed by atoms with E-state index in [1.165, 1.54) is 43.4 Å². The Hall–Kier alpha value is -1.02. The number of nitrogens with one attached hydrogen (secondary N) is 1. The third kappa shape index (κ3) is 2.39. The van der Waals surface area contributed by atoms with Crippen molar-refractivity contribution in [1.29, 1.82) is 0 Å². The van der Waals surface area contributed by atoms with Crippen molar-refractivity contribution < 1.29 is 4.74 Å². The molecule has 0 aromatic heterocycles. The number of hydrogen-bond acceptors (Lipinski definition) is 2. The van der Waals surface area contributed by atoms with Crippen LogP contribution in [0.25, 0.3) is 0 Å². The van der Waals surface area contributed by atoms with Crippen molar-refractivity contribution >= 4 is 0 Å². The maximum absolute atomic E-state index is 5.36. The van der Waals surface area contributed by atoms with Gasteiger partial charge in [-0.25, -0.2) is 0 Å². The molecule has 0 bridgehead atoms. The molecule has 1 aromatic carbocycles. The van der Waals surface area contributed by atoms with Crippen LogP contribution in [0.4, 0.5) is 0 Å². The lowest BCUT2D eigenvalue weighted by Crippen LogP contribution is -2.27. The van der Waals surface area contributed by atoms with Gasteiger partial charge in [-0.2, -0.15) is 0 Å². The second-order valence-corrected chi connectivity index (χ2v) is 5.89. The van der Waals surface area contributed by atoms with Gasteiger partial charge in [0, 0.05) is 6.04 Å². The quantitative estimate of drug-likeness (QED) is 0.878. The Balaban J connectivity index is 1.72. The van der Waals surface area contributed by atoms with Crippen LogP contribution in [0.1, 0.15) is 43.4 Å². The first-order valence-electron chi connectivity index (χ1n) is 7.18. The molecule has 2 heteroatoms. The molecular weight excluding hydrogens is 222 g/mol. The number of benzene rings is 1. The van der Waals surface area contributed by atoms with Crippen LogP contribution in [-0.4, -0.2) is 13.7 Å². The third-order valence-electron chi connectivity index (χ3n) is 4.57. The molecule has 0 aliphatic heterocycles. The van der Waals surface area contributed by atoms with Crippen LogP contribution in [0.5, 0.6) is 5.75 Å². The highest BCUT2D eigenvalue weighted by Crippen LogP contribution is 2.38. The summed E-state index contributed by atoms with van der Waals surface area (Å²) in [5.74, 6) is 2.84. The molecule has 1 saturated carbocycles. The summed E-state index contributed by atoms with van der Waals surface area (Å²) in [6, 6.07) is 7.09. The van der Waals surface area contributed by atoms with Gasteiger partial charge in [0.15, 0.2) is 0 Å². The van der Waals surface area contributed by atoms with Crippen molar-refractivity contribution in [3.05, 3.63) is 29.3 Å². The third-order valence-corrected chi connectivity index (χ3v) is 4.57. The summed E-state index contributed by atoms with van der Waals surface area (Å²) in [6.07, 6.45) is 5.19. The SMILES string of the molecule is COc1ccc2c(c1)C(NCC1CC1C)CCC2. The zero-order valence-electron chi connectivity index (χ0n) is 11.4. The average molecular weight is 245 g/mol. The lowest BCUT2D eigenvalue weighted by molar-refractivity contribution is 0.407. The fraction of sp³-hybridized carbons (Fsp3) is 0.625. The van der Waals surface area contributed by atoms with E-state index in [4.69, 9.17) is 4.74 Å². The molecule has 0 heterocycles. The minimum Gasteiger partial charge on any atom is -0.497 e. The molecule has 18 heavy (non-hydrogen) atoms. The first-order chi connectivity index (χ1) is 8.78. The number of fused-ring (bicyclic) bond motifs is 1. The maximum atomic E-state index is 5.36. The zero-order chi connectivity index (χ0) is 12.5. The minimum absolute atomic E-state index is 0.539. The van der Waals surface area contributed by atoms with E-state index in [0.717, 1.165) is 17.6 Å². The highest BCUT2D eigenvalue weighted by Gasteiger charge is 2.33. The van der Waals surface area contributed by atoms with Gasteiger partial charge in [0.05, 0.1) is 7.11 Å². The highest BCUT2D eigenvalue weighted by molar-refractivity contribution is 5.39. The van der Waals surface area contributed by atoms with Crippen LogP contribution in [-0.2, 0) is 6.42 Å². The van der Waals surface area contributed by atoms with Gasteiger partial charge in [0.1, 0.15) is 5.75 Å². The Morgan fingerprint density at radius 2 is 2.22 bits per heavy atom. The van der Waals surface area contributed by atoms with E-state index in [9.17, 15) is 0 Å². The summed E-state index contributed by atoms with van der Waals surface area (Å²) in [4.78, 5) is 0. The molecule has 1 N–H and O–H groups in total. The predicted molar refractivity (Wildman–Crippen MR) is 73.9 cm³/mol. The summed E-state index contributed by atoms with van der Waals surface area (Å²) < 4.78 is 5.36. The normalized spacial score (nSPS) is 29.8. The fourth-order valence-electron chi connectivity index (χ4n) is 3.09. The summed E-state index contributed by atoms with van der Waals surface area (Å²) in [6.45, 7) is 3.53. The molecule has 2 nitrogen and oxygen atoms in total. The molecule has 3 rings (SSSR count). The van der Waals surface area contributed by atoms with Crippen LogP contribution in [0.3, 0.4) is 0 Å². The van der Waals surface area contributed by atoms with Gasteiger partial charge in [0.2, 0.25) is 0 Å². The summed E-state index contributed by atoms with van der Waals surface area (Å²) in [5.41, 5.74) is 2.97. The summed E-state index contributed by atoms with van der Waals surface area (Å²) in [7, 11) is 1.75. The molecule has 3 unspecified atom stereocenters. The largest absolute Gasteiger partial charge is 0.497 e. The van der Waals surface area contributed by atoms with Gasteiger partial charge < -0.3 is 10.1 Å². The molecule has 0 radical (unpaired) electrons. The van der Waals surface area contributed by atoms with Gasteiger partial charge >= 0.3 is 0 Å². The van der Waals surface area contributed by atoms with E-state index in [0.29, 0.717) is 6.04 Å². The molecule has 98 valence electrons. The summed E-state index contributed by atoms with van der Waals surface area (Å²) >= 11 is 0. The van der Waals surface area contributed by atoms with Crippen molar-refractivity contribution in [3.8, 4) is 5.75 Å². The van der Waals surface area contributed by atoms with Crippen LogP contribution < -0.4 is 10.1 Å². The monoisotopic (exact) mass is 245 g/mol. The Bertz CT molecular complexity index is 429. The number of ether oxygens (including phenoxy) is 1. The molecule has 1 fully saturated rings. The lowest BCUT2D eigenvalue weighted by atomic mass is 9.87. The Labute approximate surface area is 110 Å². The van der Waals surface area contributed by atoms with E-state index in [2.05, 4.69) is 30.4 Å². The topological polar surface area (TPSA) is 21.3 Å². The number of methoxy groups -OCH3 is 1. The Kier molecular flexibility index (Phi) is 3.29. The lowest BCUT2D eigenvalue weighted by Gasteiger charge is -2.27. The van der Waals surface area contributed by atoms with Gasteiger partial charge in [-0.1, -0.05) is 13.0 Å². The molecule has 2 aliphatic rings. The van der Waals surface area contributed by atoms with Gasteiger partial charge in [0.25, 0.3) is 0 Å². The first-order valence-corrected chi connectivity index (χ1v) is 7.18. The average Bonchev–Trinajstić information content (AvgIpc) is 3.11. The fourth-order valence-corrected chi connectivity index (χ4v) is 3.09. The smallest absolute Gasteiger partial charge is 0.119 e. The van der Waals surface area contributed by atoms with Crippen LogP contribution >= 0.6 is 0 Å². The van der Waals surface area contributed by atoms with E-state index in [-0.39, 0.29) is 0 Å². The van der Waals surface area contributed by atoms with E-state index in [1.54, 1.807) is 7.11 Å². The number of rotatable bonds is 4. The van der Waals surface area contributed by atoms with Gasteiger partial charge in [-0.3, -0.25) is 0 Å². The highest BCUT2D eigenvalue weighted by atomic mass is 16.5. The van der Waals surface area contributed by atoms with Crippen molar-refractivity contribution in [1.82, 2.24) is 5.32 Å². The molecule has 2 aliphatic carbocycles. The second-order valence-electron chi connectivity index (χ2n) is 5.89. The van der Waals surface area contributed by atoms with Crippen molar-refractivity contribution in [3.63, 3.8) is 0 Å². The molecule has 0 saturated heterocycles. The Morgan fingerprint density at radius 1 is 1.39 bits per heavy atom. The van der Waals surface area contributed by atoms with E-state index >= 15 is 0 Å². The van der Waals surface area contributed by atoms with Gasteiger partial charge in [-0.15, -0.1) is 0 Å². The van der Waals surface area contributed by atoms with Crippen molar-refractivity contribution in [2.75, 3.05) is 13.7 Å². The maximum Gasteiger partial charge on any atom is 0.119 e. The van der Waals surface area contributed by atoms with Crippen LogP contribution in [0.2, 0.25) is 0 Å². The summed E-state index contributed by atoms with van der Waals surface area (Å²) in [5, 5.41) is 3.77. The zero-order valence-corrected chi connectivity index (χ0v) is 11.4. The molecule has 1 aromatic rings. The molecule has 0 amide bonds. The second kappa shape index (κ2) is 4.93. The molecule has 0 spiro atoms. The standard InChI is InChI=1S/C16H23NO/c1-11-8-13(11)10-17-16-5-3-4-12-6-7-14(18-2)9-15(12)16/h6-7,9,11,13,16-17H,3-5,8,10H2,1-2H3. The van der Waals surface area contributed by atoms with E-state index < -0.39 is 0 Å². The van der Waals surface area contributed by atoms with E-state index in [1.807, 2.05) is 0 Å². The molecular formula is C16H23NO. The number of hydrogen-bond donors (Lipinski definition) is 1. The van der Waals surface area contributed by atoms with Crippen LogP contribution in [0.15, 0.2) is 18.2 Å². The minimum atomic E-state index is 0.539.